The van der Waals surface area contributed by atoms with Gasteiger partial charge >= 0.3 is 0 Å². The number of aryl methyl sites for hydroxylation is 1. The van der Waals surface area contributed by atoms with Crippen molar-refractivity contribution in [3.63, 3.8) is 0 Å². The molecule has 0 unspecified atom stereocenters. The summed E-state index contributed by atoms with van der Waals surface area (Å²) >= 11 is 0. The van der Waals surface area contributed by atoms with Crippen LogP contribution in [0.2, 0.25) is 0 Å². The molecular weight excluding hydrogens is 423 g/mol. The maximum absolute atomic E-state index is 13.4. The van der Waals surface area contributed by atoms with Gasteiger partial charge in [-0.3, -0.25) is 14.7 Å². The highest BCUT2D eigenvalue weighted by molar-refractivity contribution is 6.05. The van der Waals surface area contributed by atoms with Crippen LogP contribution in [-0.4, -0.2) is 65.2 Å². The molecular formula is C24H27FN6O2. The number of hydrogen-bond acceptors (Lipinski definition) is 7. The Balaban J connectivity index is 1.48. The highest BCUT2D eigenvalue weighted by atomic mass is 19.1. The Morgan fingerprint density at radius 2 is 2.03 bits per heavy atom. The molecule has 0 aliphatic carbocycles. The lowest BCUT2D eigenvalue weighted by Gasteiger charge is -2.26. The molecule has 1 aliphatic rings. The van der Waals surface area contributed by atoms with Gasteiger partial charge in [0.15, 0.2) is 0 Å². The quantitative estimate of drug-likeness (QED) is 0.509. The van der Waals surface area contributed by atoms with Crippen LogP contribution in [0.4, 0.5) is 16.2 Å². The summed E-state index contributed by atoms with van der Waals surface area (Å²) in [5.41, 5.74) is 2.39. The fourth-order valence-corrected chi connectivity index (χ4v) is 3.65. The van der Waals surface area contributed by atoms with E-state index >= 15 is 0 Å². The number of halogens is 1. The summed E-state index contributed by atoms with van der Waals surface area (Å²) in [7, 11) is 0. The Hall–Kier alpha value is -3.43. The molecule has 3 aromatic rings. The summed E-state index contributed by atoms with van der Waals surface area (Å²) in [6.07, 6.45) is 4.33. The molecule has 8 nitrogen and oxygen atoms in total. The predicted octanol–water partition coefficient (Wildman–Crippen LogP) is 3.37. The normalized spacial score (nSPS) is 14.1. The molecule has 9 heteroatoms. The van der Waals surface area contributed by atoms with Gasteiger partial charge in [0.25, 0.3) is 5.91 Å². The van der Waals surface area contributed by atoms with Crippen LogP contribution >= 0.6 is 0 Å². The molecule has 2 N–H and O–H groups in total. The molecule has 1 aromatic carbocycles. The average molecular weight is 451 g/mol. The Morgan fingerprint density at radius 3 is 2.79 bits per heavy atom. The first-order valence-electron chi connectivity index (χ1n) is 11.0. The number of nitrogens with one attached hydrogen (secondary N) is 2. The van der Waals surface area contributed by atoms with Gasteiger partial charge in [0.2, 0.25) is 5.95 Å². The van der Waals surface area contributed by atoms with Gasteiger partial charge in [-0.15, -0.1) is 0 Å². The number of ether oxygens (including phenoxy) is 1. The third-order valence-corrected chi connectivity index (χ3v) is 5.40. The summed E-state index contributed by atoms with van der Waals surface area (Å²) in [5.74, 6) is 0.0350. The van der Waals surface area contributed by atoms with Gasteiger partial charge in [-0.25, -0.2) is 9.37 Å². The fourth-order valence-electron chi connectivity index (χ4n) is 3.65. The SMILES string of the molecule is Cc1cc(F)ccc1C(=O)Nc1cc(-c2cccnc2)nc(NCCCN2CCOCC2)n1. The van der Waals surface area contributed by atoms with Crippen molar-refractivity contribution >= 4 is 17.7 Å². The van der Waals surface area contributed by atoms with E-state index in [9.17, 15) is 9.18 Å². The lowest BCUT2D eigenvalue weighted by molar-refractivity contribution is 0.0378. The van der Waals surface area contributed by atoms with Crippen LogP contribution in [-0.2, 0) is 4.74 Å². The summed E-state index contributed by atoms with van der Waals surface area (Å²) in [5, 5.41) is 6.08. The Bertz CT molecular complexity index is 1090. The first-order valence-corrected chi connectivity index (χ1v) is 11.0. The molecule has 4 rings (SSSR count). The number of amides is 1. The van der Waals surface area contributed by atoms with Gasteiger partial charge in [-0.2, -0.15) is 4.98 Å². The number of rotatable bonds is 8. The van der Waals surface area contributed by atoms with E-state index in [1.165, 1.54) is 18.2 Å². The van der Waals surface area contributed by atoms with Gasteiger partial charge in [0.1, 0.15) is 11.6 Å². The third kappa shape index (κ3) is 6.30. The van der Waals surface area contributed by atoms with Gasteiger partial charge < -0.3 is 15.4 Å². The minimum absolute atomic E-state index is 0.355. The Labute approximate surface area is 192 Å². The van der Waals surface area contributed by atoms with Gasteiger partial charge in [0, 0.05) is 49.2 Å². The molecule has 3 heterocycles. The maximum Gasteiger partial charge on any atom is 0.257 e. The van der Waals surface area contributed by atoms with Crippen LogP contribution in [0.1, 0.15) is 22.3 Å². The minimum Gasteiger partial charge on any atom is -0.379 e. The molecule has 0 spiro atoms. The zero-order valence-corrected chi connectivity index (χ0v) is 18.6. The summed E-state index contributed by atoms with van der Waals surface area (Å²) in [4.78, 5) is 28.4. The lowest BCUT2D eigenvalue weighted by atomic mass is 10.1. The number of carbonyl (C=O) groups excluding carboxylic acids is 1. The third-order valence-electron chi connectivity index (χ3n) is 5.40. The maximum atomic E-state index is 13.4. The van der Waals surface area contributed by atoms with Crippen molar-refractivity contribution in [2.24, 2.45) is 0 Å². The molecule has 0 atom stereocenters. The number of hydrogen-bond donors (Lipinski definition) is 2. The van der Waals surface area contributed by atoms with Gasteiger partial charge in [0.05, 0.1) is 18.9 Å². The minimum atomic E-state index is -0.381. The number of anilines is 2. The van der Waals surface area contributed by atoms with Crippen LogP contribution < -0.4 is 10.6 Å². The van der Waals surface area contributed by atoms with Gasteiger partial charge in [-0.05, 0) is 55.8 Å². The van der Waals surface area contributed by atoms with Gasteiger partial charge in [-0.1, -0.05) is 0 Å². The van der Waals surface area contributed by atoms with Crippen molar-refractivity contribution < 1.29 is 13.9 Å². The second kappa shape index (κ2) is 10.9. The van der Waals surface area contributed by atoms with Crippen molar-refractivity contribution in [3.8, 4) is 11.3 Å². The number of nitrogens with zero attached hydrogens (tertiary/aromatic N) is 4. The second-order valence-electron chi connectivity index (χ2n) is 7.85. The van der Waals surface area contributed by atoms with Crippen molar-refractivity contribution in [2.75, 3.05) is 50.0 Å². The first-order chi connectivity index (χ1) is 16.1. The second-order valence-corrected chi connectivity index (χ2v) is 7.85. The Kier molecular flexibility index (Phi) is 7.54. The van der Waals surface area contributed by atoms with Crippen LogP contribution in [0.3, 0.4) is 0 Å². The Morgan fingerprint density at radius 1 is 1.18 bits per heavy atom. The van der Waals surface area contributed by atoms with E-state index in [1.54, 1.807) is 25.4 Å². The number of carbonyl (C=O) groups is 1. The van der Waals surface area contributed by atoms with Crippen molar-refractivity contribution in [1.82, 2.24) is 19.9 Å². The fraction of sp³-hybridized carbons (Fsp3) is 0.333. The highest BCUT2D eigenvalue weighted by Crippen LogP contribution is 2.21. The van der Waals surface area contributed by atoms with E-state index in [4.69, 9.17) is 4.74 Å². The molecule has 1 saturated heterocycles. The first kappa shape index (κ1) is 22.8. The van der Waals surface area contributed by atoms with E-state index in [-0.39, 0.29) is 11.7 Å². The molecule has 0 saturated carbocycles. The smallest absolute Gasteiger partial charge is 0.257 e. The molecule has 33 heavy (non-hydrogen) atoms. The number of pyridine rings is 1. The zero-order chi connectivity index (χ0) is 23.0. The summed E-state index contributed by atoms with van der Waals surface area (Å²) in [6.45, 7) is 6.81. The van der Waals surface area contributed by atoms with Crippen molar-refractivity contribution in [1.29, 1.82) is 0 Å². The molecule has 172 valence electrons. The van der Waals surface area contributed by atoms with Crippen LogP contribution in [0.5, 0.6) is 0 Å². The largest absolute Gasteiger partial charge is 0.379 e. The molecule has 1 amide bonds. The van der Waals surface area contributed by atoms with Crippen molar-refractivity contribution in [3.05, 3.63) is 65.7 Å². The average Bonchev–Trinajstić information content (AvgIpc) is 2.83. The molecule has 0 bridgehead atoms. The monoisotopic (exact) mass is 450 g/mol. The topological polar surface area (TPSA) is 92.3 Å². The van der Waals surface area contributed by atoms with Crippen molar-refractivity contribution in [2.45, 2.75) is 13.3 Å². The number of aromatic nitrogens is 3. The summed E-state index contributed by atoms with van der Waals surface area (Å²) < 4.78 is 18.8. The zero-order valence-electron chi connectivity index (χ0n) is 18.6. The standard InChI is InChI=1S/C24H27FN6O2/c1-17-14-19(25)5-6-20(17)23(32)29-22-15-21(18-4-2-7-26-16-18)28-24(30-22)27-8-3-9-31-10-12-33-13-11-31/h2,4-7,14-16H,3,8-13H2,1H3,(H2,27,28,29,30,32). The van der Waals surface area contributed by atoms with E-state index in [1.807, 2.05) is 12.1 Å². The molecule has 1 fully saturated rings. The predicted molar refractivity (Wildman–Crippen MR) is 125 cm³/mol. The van der Waals surface area contributed by atoms with Crippen LogP contribution in [0.25, 0.3) is 11.3 Å². The molecule has 0 radical (unpaired) electrons. The van der Waals surface area contributed by atoms with E-state index < -0.39 is 0 Å². The lowest BCUT2D eigenvalue weighted by Crippen LogP contribution is -2.37. The number of morpholine rings is 1. The molecule has 1 aliphatic heterocycles. The molecule has 2 aromatic heterocycles. The number of benzene rings is 1. The van der Waals surface area contributed by atoms with E-state index in [0.29, 0.717) is 35.1 Å². The van der Waals surface area contributed by atoms with Crippen LogP contribution in [0.15, 0.2) is 48.8 Å². The highest BCUT2D eigenvalue weighted by Gasteiger charge is 2.14. The summed E-state index contributed by atoms with van der Waals surface area (Å²) in [6, 6.07) is 9.49. The van der Waals surface area contributed by atoms with E-state index in [0.717, 1.165) is 44.8 Å². The van der Waals surface area contributed by atoms with E-state index in [2.05, 4.69) is 30.5 Å². The van der Waals surface area contributed by atoms with Crippen LogP contribution in [0, 0.1) is 12.7 Å².